The predicted octanol–water partition coefficient (Wildman–Crippen LogP) is 2.65. The molecule has 1 heteroatoms. The summed E-state index contributed by atoms with van der Waals surface area (Å²) < 4.78 is 0. The van der Waals surface area contributed by atoms with Gasteiger partial charge in [-0.3, -0.25) is 0 Å². The number of rotatable bonds is 0. The summed E-state index contributed by atoms with van der Waals surface area (Å²) in [6, 6.07) is 13.0. The van der Waals surface area contributed by atoms with Crippen LogP contribution >= 0.6 is 9.24 Å². The molecule has 1 atom stereocenters. The van der Waals surface area contributed by atoms with E-state index < -0.39 is 0 Å². The van der Waals surface area contributed by atoms with Gasteiger partial charge in [-0.2, -0.15) is 0 Å². The maximum absolute atomic E-state index is 2.71. The predicted molar refractivity (Wildman–Crippen MR) is 58.0 cm³/mol. The van der Waals surface area contributed by atoms with Crippen LogP contribution in [0.25, 0.3) is 10.8 Å². The van der Waals surface area contributed by atoms with Crippen molar-refractivity contribution in [2.75, 3.05) is 0 Å². The Hall–Kier alpha value is -0.870. The first-order chi connectivity index (χ1) is 5.75. The van der Waals surface area contributed by atoms with Gasteiger partial charge in [0.05, 0.1) is 0 Å². The van der Waals surface area contributed by atoms with Gasteiger partial charge in [0.2, 0.25) is 0 Å². The second-order valence-electron chi connectivity index (χ2n) is 3.11. The van der Waals surface area contributed by atoms with Crippen LogP contribution in [0.3, 0.4) is 0 Å². The molecule has 0 aliphatic carbocycles. The van der Waals surface area contributed by atoms with Crippen molar-refractivity contribution in [1.29, 1.82) is 0 Å². The van der Waals surface area contributed by atoms with E-state index in [1.807, 2.05) is 0 Å². The lowest BCUT2D eigenvalue weighted by Gasteiger charge is -1.99. The van der Waals surface area contributed by atoms with E-state index in [-0.39, 0.29) is 0 Å². The smallest absolute Gasteiger partial charge is 0.0178 e. The maximum Gasteiger partial charge on any atom is -0.0178 e. The van der Waals surface area contributed by atoms with Crippen molar-refractivity contribution < 1.29 is 0 Å². The van der Waals surface area contributed by atoms with Crippen LogP contribution in [0.15, 0.2) is 36.4 Å². The fourth-order valence-corrected chi connectivity index (χ4v) is 1.66. The molecule has 1 unspecified atom stereocenters. The number of hydrogen-bond acceptors (Lipinski definition) is 0. The first-order valence-corrected chi connectivity index (χ1v) is 4.59. The van der Waals surface area contributed by atoms with Crippen LogP contribution in [0, 0.1) is 6.92 Å². The van der Waals surface area contributed by atoms with Crippen LogP contribution in [0.4, 0.5) is 0 Å². The third-order valence-electron chi connectivity index (χ3n) is 2.02. The molecular weight excluding hydrogens is 163 g/mol. The summed E-state index contributed by atoms with van der Waals surface area (Å²) >= 11 is 0. The monoisotopic (exact) mass is 174 g/mol. The van der Waals surface area contributed by atoms with E-state index in [2.05, 4.69) is 52.6 Å². The van der Waals surface area contributed by atoms with Crippen molar-refractivity contribution >= 4 is 25.3 Å². The fraction of sp³-hybridized carbons (Fsp3) is 0.0909. The highest BCUT2D eigenvalue weighted by Crippen LogP contribution is 2.14. The molecule has 2 aromatic carbocycles. The lowest BCUT2D eigenvalue weighted by molar-refractivity contribution is 1.51. The molecule has 0 saturated heterocycles. The van der Waals surface area contributed by atoms with Crippen molar-refractivity contribution in [3.05, 3.63) is 42.0 Å². The average molecular weight is 174 g/mol. The molecule has 12 heavy (non-hydrogen) atoms. The van der Waals surface area contributed by atoms with E-state index >= 15 is 0 Å². The molecule has 0 bridgehead atoms. The van der Waals surface area contributed by atoms with Crippen LogP contribution in [0.1, 0.15) is 5.56 Å². The topological polar surface area (TPSA) is 0 Å². The van der Waals surface area contributed by atoms with E-state index in [4.69, 9.17) is 0 Å². The number of fused-ring (bicyclic) bond motifs is 1. The van der Waals surface area contributed by atoms with Gasteiger partial charge in [-0.1, -0.05) is 35.9 Å². The largest absolute Gasteiger partial charge is 0.106 e. The van der Waals surface area contributed by atoms with Crippen molar-refractivity contribution in [2.45, 2.75) is 6.92 Å². The first kappa shape index (κ1) is 7.76. The maximum atomic E-state index is 2.71. The van der Waals surface area contributed by atoms with Gasteiger partial charge in [-0.25, -0.2) is 0 Å². The minimum Gasteiger partial charge on any atom is -0.106 e. The molecule has 0 fully saturated rings. The summed E-state index contributed by atoms with van der Waals surface area (Å²) in [6.07, 6.45) is 0. The summed E-state index contributed by atoms with van der Waals surface area (Å²) in [6.45, 7) is 2.12. The van der Waals surface area contributed by atoms with Crippen LogP contribution in [-0.4, -0.2) is 0 Å². The molecule has 60 valence electrons. The first-order valence-electron chi connectivity index (χ1n) is 4.01. The van der Waals surface area contributed by atoms with E-state index in [0.29, 0.717) is 0 Å². The zero-order valence-electron chi connectivity index (χ0n) is 7.04. The van der Waals surface area contributed by atoms with E-state index in [0.717, 1.165) is 0 Å². The highest BCUT2D eigenvalue weighted by Gasteiger charge is 1.92. The zero-order valence-corrected chi connectivity index (χ0v) is 8.20. The van der Waals surface area contributed by atoms with Crippen LogP contribution in [-0.2, 0) is 0 Å². The molecule has 0 radical (unpaired) electrons. The van der Waals surface area contributed by atoms with Gasteiger partial charge in [0.1, 0.15) is 0 Å². The quantitative estimate of drug-likeness (QED) is 0.538. The minimum atomic E-state index is 1.24. The second-order valence-corrected chi connectivity index (χ2v) is 3.78. The van der Waals surface area contributed by atoms with E-state index in [1.54, 1.807) is 0 Å². The van der Waals surface area contributed by atoms with Crippen molar-refractivity contribution in [2.24, 2.45) is 0 Å². The van der Waals surface area contributed by atoms with Crippen molar-refractivity contribution in [3.8, 4) is 0 Å². The molecule has 0 nitrogen and oxygen atoms in total. The summed E-state index contributed by atoms with van der Waals surface area (Å²) in [4.78, 5) is 0. The molecule has 2 rings (SSSR count). The van der Waals surface area contributed by atoms with Crippen molar-refractivity contribution in [3.63, 3.8) is 0 Å². The summed E-state index contributed by atoms with van der Waals surface area (Å²) in [7, 11) is 2.71. The average Bonchev–Trinajstić information content (AvgIpc) is 2.05. The molecule has 2 aromatic rings. The Morgan fingerprint density at radius 2 is 1.58 bits per heavy atom. The SMILES string of the molecule is Cc1ccc2cc(P)ccc2c1. The Morgan fingerprint density at radius 3 is 2.42 bits per heavy atom. The Kier molecular flexibility index (Phi) is 1.86. The van der Waals surface area contributed by atoms with Gasteiger partial charge in [0.25, 0.3) is 0 Å². The van der Waals surface area contributed by atoms with Gasteiger partial charge < -0.3 is 0 Å². The van der Waals surface area contributed by atoms with Gasteiger partial charge in [0.15, 0.2) is 0 Å². The molecular formula is C11H11P. The summed E-state index contributed by atoms with van der Waals surface area (Å²) in [5.41, 5.74) is 1.32. The Morgan fingerprint density at radius 1 is 0.917 bits per heavy atom. The van der Waals surface area contributed by atoms with E-state index in [1.165, 1.54) is 21.6 Å². The fourth-order valence-electron chi connectivity index (χ4n) is 1.38. The summed E-state index contributed by atoms with van der Waals surface area (Å²) in [5, 5.41) is 3.88. The van der Waals surface area contributed by atoms with Gasteiger partial charge in [-0.05, 0) is 29.1 Å². The highest BCUT2D eigenvalue weighted by atomic mass is 31.0. The highest BCUT2D eigenvalue weighted by molar-refractivity contribution is 7.27. The molecule has 0 aromatic heterocycles. The molecule has 0 saturated carbocycles. The Bertz CT molecular complexity index is 377. The Balaban J connectivity index is 2.79. The molecule has 0 N–H and O–H groups in total. The van der Waals surface area contributed by atoms with Gasteiger partial charge in [0, 0.05) is 0 Å². The molecule has 0 amide bonds. The number of hydrogen-bond donors (Lipinski definition) is 0. The minimum absolute atomic E-state index is 1.24. The van der Waals surface area contributed by atoms with Crippen LogP contribution in [0.5, 0.6) is 0 Å². The van der Waals surface area contributed by atoms with Gasteiger partial charge in [-0.15, -0.1) is 9.24 Å². The van der Waals surface area contributed by atoms with Crippen LogP contribution < -0.4 is 5.30 Å². The molecule has 0 heterocycles. The third kappa shape index (κ3) is 1.35. The number of benzene rings is 2. The third-order valence-corrected chi connectivity index (χ3v) is 2.38. The van der Waals surface area contributed by atoms with Crippen molar-refractivity contribution in [1.82, 2.24) is 0 Å². The number of aryl methyl sites for hydroxylation is 1. The molecule has 0 aliphatic rings. The zero-order chi connectivity index (χ0) is 8.55. The lowest BCUT2D eigenvalue weighted by atomic mass is 10.1. The van der Waals surface area contributed by atoms with Gasteiger partial charge >= 0.3 is 0 Å². The normalized spacial score (nSPS) is 10.5. The standard InChI is InChI=1S/C11H11P/c1-8-2-3-10-7-11(12)5-4-9(10)6-8/h2-7H,12H2,1H3. The Labute approximate surface area is 74.8 Å². The van der Waals surface area contributed by atoms with E-state index in [9.17, 15) is 0 Å². The molecule has 0 spiro atoms. The lowest BCUT2D eigenvalue weighted by Crippen LogP contribution is -1.87. The van der Waals surface area contributed by atoms with Crippen LogP contribution in [0.2, 0.25) is 0 Å². The molecule has 0 aliphatic heterocycles. The second kappa shape index (κ2) is 2.88. The summed E-state index contributed by atoms with van der Waals surface area (Å²) in [5.74, 6) is 0.